The third-order valence-electron chi connectivity index (χ3n) is 7.73. The van der Waals surface area contributed by atoms with Gasteiger partial charge in [0, 0.05) is 24.5 Å². The maximum Gasteiger partial charge on any atom is 0.300 e. The molecule has 1 amide bonds. The first-order chi connectivity index (χ1) is 18.9. The molecule has 0 saturated carbocycles. The topological polar surface area (TPSA) is 70.1 Å². The van der Waals surface area contributed by atoms with Crippen LogP contribution in [0, 0.1) is 13.8 Å². The fourth-order valence-electron chi connectivity index (χ4n) is 5.34. The number of carbonyl (C=O) groups is 2. The van der Waals surface area contributed by atoms with Gasteiger partial charge in [-0.1, -0.05) is 51.1 Å². The van der Waals surface area contributed by atoms with Gasteiger partial charge in [-0.2, -0.15) is 0 Å². The number of aryl methyl sites for hydroxylation is 2. The van der Waals surface area contributed by atoms with Crippen LogP contribution in [-0.2, 0) is 15.0 Å². The number of amides is 1. The molecule has 1 fully saturated rings. The summed E-state index contributed by atoms with van der Waals surface area (Å²) in [6.45, 7) is 16.0. The zero-order valence-electron chi connectivity index (χ0n) is 24.8. The molecule has 0 bridgehead atoms. The highest BCUT2D eigenvalue weighted by Gasteiger charge is 2.47. The van der Waals surface area contributed by atoms with Gasteiger partial charge >= 0.3 is 0 Å². The second-order valence-electron chi connectivity index (χ2n) is 11.4. The number of hydrogen-bond acceptors (Lipinski definition) is 5. The van der Waals surface area contributed by atoms with Gasteiger partial charge in [-0.25, -0.2) is 0 Å². The Labute approximate surface area is 237 Å². The highest BCUT2D eigenvalue weighted by Crippen LogP contribution is 2.45. The largest absolute Gasteiger partial charge is 0.507 e. The predicted octanol–water partition coefficient (Wildman–Crippen LogP) is 7.08. The van der Waals surface area contributed by atoms with Gasteiger partial charge in [0.1, 0.15) is 11.5 Å². The Morgan fingerprint density at radius 3 is 2.17 bits per heavy atom. The van der Waals surface area contributed by atoms with Gasteiger partial charge in [0.2, 0.25) is 0 Å². The minimum absolute atomic E-state index is 0.0471. The van der Waals surface area contributed by atoms with E-state index < -0.39 is 17.7 Å². The zero-order chi connectivity index (χ0) is 29.4. The van der Waals surface area contributed by atoms with Gasteiger partial charge in [-0.3, -0.25) is 14.5 Å². The van der Waals surface area contributed by atoms with Gasteiger partial charge in [0.05, 0.1) is 24.3 Å². The first-order valence-corrected chi connectivity index (χ1v) is 13.8. The van der Waals surface area contributed by atoms with Crippen molar-refractivity contribution in [1.82, 2.24) is 0 Å². The van der Waals surface area contributed by atoms with Crippen LogP contribution in [0.1, 0.15) is 68.5 Å². The zero-order valence-corrected chi connectivity index (χ0v) is 24.8. The maximum absolute atomic E-state index is 13.8. The van der Waals surface area contributed by atoms with Gasteiger partial charge in [-0.05, 0) is 85.7 Å². The minimum atomic E-state index is -0.811. The molecule has 0 spiro atoms. The van der Waals surface area contributed by atoms with Crippen molar-refractivity contribution in [2.75, 3.05) is 30.0 Å². The van der Waals surface area contributed by atoms with Crippen LogP contribution in [0.2, 0.25) is 0 Å². The molecule has 1 aliphatic rings. The second-order valence-corrected chi connectivity index (χ2v) is 11.4. The average molecular weight is 541 g/mol. The van der Waals surface area contributed by atoms with E-state index in [2.05, 4.69) is 39.5 Å². The smallest absolute Gasteiger partial charge is 0.300 e. The van der Waals surface area contributed by atoms with E-state index in [1.807, 2.05) is 68.4 Å². The molecular formula is C34H40N2O4. The Morgan fingerprint density at radius 1 is 0.950 bits per heavy atom. The van der Waals surface area contributed by atoms with E-state index in [0.29, 0.717) is 17.0 Å². The Hall–Kier alpha value is -4.06. The lowest BCUT2D eigenvalue weighted by Gasteiger charge is -2.28. The van der Waals surface area contributed by atoms with Crippen molar-refractivity contribution in [3.05, 3.63) is 94.1 Å². The molecular weight excluding hydrogens is 500 g/mol. The average Bonchev–Trinajstić information content (AvgIpc) is 3.19. The predicted molar refractivity (Wildman–Crippen MR) is 162 cm³/mol. The molecule has 3 aromatic carbocycles. The summed E-state index contributed by atoms with van der Waals surface area (Å²) in [6.07, 6.45) is 0. The van der Waals surface area contributed by atoms with Gasteiger partial charge in [0.25, 0.3) is 11.7 Å². The number of methoxy groups -OCH3 is 1. The van der Waals surface area contributed by atoms with Crippen LogP contribution in [-0.4, -0.2) is 37.0 Å². The van der Waals surface area contributed by atoms with Crippen molar-refractivity contribution in [2.45, 2.75) is 59.9 Å². The molecule has 1 atom stereocenters. The molecule has 0 radical (unpaired) electrons. The molecule has 6 nitrogen and oxygen atoms in total. The summed E-state index contributed by atoms with van der Waals surface area (Å²) in [5.41, 5.74) is 5.48. The molecule has 1 heterocycles. The number of aliphatic hydroxyl groups excluding tert-OH is 1. The molecule has 1 N–H and O–H groups in total. The minimum Gasteiger partial charge on any atom is -0.507 e. The third-order valence-corrected chi connectivity index (χ3v) is 7.73. The quantitative estimate of drug-likeness (QED) is 0.197. The van der Waals surface area contributed by atoms with Crippen molar-refractivity contribution in [3.8, 4) is 5.75 Å². The first kappa shape index (κ1) is 28.9. The summed E-state index contributed by atoms with van der Waals surface area (Å²) in [4.78, 5) is 31.3. The summed E-state index contributed by atoms with van der Waals surface area (Å²) in [6, 6.07) is 18.5. The number of aliphatic hydroxyl groups is 1. The molecule has 1 aliphatic heterocycles. The SMILES string of the molecule is CCN(CC)c1ccc(C2/C(=C(\O)c3cc(C(C)(C)C)ccc3OC)C(=O)C(=O)N2c2cc(C)ccc2C)cc1. The van der Waals surface area contributed by atoms with Crippen LogP contribution in [0.5, 0.6) is 5.75 Å². The summed E-state index contributed by atoms with van der Waals surface area (Å²) in [5, 5.41) is 11.8. The Kier molecular flexibility index (Phi) is 8.10. The summed E-state index contributed by atoms with van der Waals surface area (Å²) in [5.74, 6) is -1.20. The first-order valence-electron chi connectivity index (χ1n) is 13.8. The number of anilines is 2. The number of hydrogen-bond donors (Lipinski definition) is 1. The lowest BCUT2D eigenvalue weighted by atomic mass is 9.85. The van der Waals surface area contributed by atoms with E-state index in [9.17, 15) is 14.7 Å². The van der Waals surface area contributed by atoms with Gasteiger partial charge in [0.15, 0.2) is 0 Å². The monoisotopic (exact) mass is 540 g/mol. The van der Waals surface area contributed by atoms with Crippen LogP contribution in [0.4, 0.5) is 11.4 Å². The van der Waals surface area contributed by atoms with Crippen molar-refractivity contribution < 1.29 is 19.4 Å². The molecule has 6 heteroatoms. The number of nitrogens with zero attached hydrogens (tertiary/aromatic N) is 2. The molecule has 1 saturated heterocycles. The van der Waals surface area contributed by atoms with E-state index >= 15 is 0 Å². The Bertz CT molecular complexity index is 1460. The van der Waals surface area contributed by atoms with Crippen molar-refractivity contribution >= 4 is 28.8 Å². The molecule has 0 aromatic heterocycles. The molecule has 3 aromatic rings. The summed E-state index contributed by atoms with van der Waals surface area (Å²) >= 11 is 0. The fourth-order valence-corrected chi connectivity index (χ4v) is 5.34. The van der Waals surface area contributed by atoms with Crippen LogP contribution in [0.25, 0.3) is 5.76 Å². The number of benzene rings is 3. The van der Waals surface area contributed by atoms with E-state index in [1.54, 1.807) is 6.07 Å². The number of carbonyl (C=O) groups excluding carboxylic acids is 2. The van der Waals surface area contributed by atoms with Crippen LogP contribution in [0.3, 0.4) is 0 Å². The van der Waals surface area contributed by atoms with E-state index in [4.69, 9.17) is 4.74 Å². The third kappa shape index (κ3) is 5.23. The summed E-state index contributed by atoms with van der Waals surface area (Å²) < 4.78 is 5.60. The Balaban J connectivity index is 2.00. The van der Waals surface area contributed by atoms with Crippen LogP contribution >= 0.6 is 0 Å². The Morgan fingerprint density at radius 2 is 1.60 bits per heavy atom. The molecule has 210 valence electrons. The lowest BCUT2D eigenvalue weighted by molar-refractivity contribution is -0.132. The number of rotatable bonds is 7. The van der Waals surface area contributed by atoms with Crippen LogP contribution in [0.15, 0.2) is 66.2 Å². The normalized spacial score (nSPS) is 16.9. The number of ether oxygens (including phenoxy) is 1. The lowest BCUT2D eigenvalue weighted by Crippen LogP contribution is -2.30. The number of Topliss-reactive ketones (excluding diaryl/α,β-unsaturated/α-hetero) is 1. The van der Waals surface area contributed by atoms with E-state index in [0.717, 1.165) is 41.0 Å². The van der Waals surface area contributed by atoms with E-state index in [1.165, 1.54) is 12.0 Å². The highest BCUT2D eigenvalue weighted by molar-refractivity contribution is 6.51. The molecule has 4 rings (SSSR count). The number of ketones is 1. The molecule has 1 unspecified atom stereocenters. The highest BCUT2D eigenvalue weighted by atomic mass is 16.5. The van der Waals surface area contributed by atoms with Gasteiger partial charge in [-0.15, -0.1) is 0 Å². The van der Waals surface area contributed by atoms with Crippen molar-refractivity contribution in [3.63, 3.8) is 0 Å². The summed E-state index contributed by atoms with van der Waals surface area (Å²) in [7, 11) is 1.53. The standard InChI is InChI=1S/C34H40N2O4/c1-9-35(10-2)25-16-13-23(14-17-25)30-29(31(37)26-20-24(34(5,6)7)15-18-28(26)40-8)32(38)33(39)36(30)27-19-21(3)11-12-22(27)4/h11-20,30,37H,9-10H2,1-8H3/b31-29+. The second kappa shape index (κ2) is 11.2. The van der Waals surface area contributed by atoms with Crippen molar-refractivity contribution in [2.24, 2.45) is 0 Å². The molecule has 40 heavy (non-hydrogen) atoms. The van der Waals surface area contributed by atoms with E-state index in [-0.39, 0.29) is 16.7 Å². The van der Waals surface area contributed by atoms with Gasteiger partial charge < -0.3 is 14.7 Å². The molecule has 0 aliphatic carbocycles. The maximum atomic E-state index is 13.8. The van der Waals surface area contributed by atoms with Crippen molar-refractivity contribution in [1.29, 1.82) is 0 Å². The fraction of sp³-hybridized carbons (Fsp3) is 0.353. The van der Waals surface area contributed by atoms with Crippen LogP contribution < -0.4 is 14.5 Å².